The third kappa shape index (κ3) is 4.03. The second kappa shape index (κ2) is 7.46. The van der Waals surface area contributed by atoms with Crippen molar-refractivity contribution in [1.82, 2.24) is 0 Å². The van der Waals surface area contributed by atoms with Crippen LogP contribution in [0.4, 0.5) is 5.69 Å². The average Bonchev–Trinajstić information content (AvgIpc) is 3.14. The van der Waals surface area contributed by atoms with Crippen molar-refractivity contribution in [1.29, 1.82) is 0 Å². The van der Waals surface area contributed by atoms with Crippen LogP contribution in [0, 0.1) is 0 Å². The van der Waals surface area contributed by atoms with Crippen molar-refractivity contribution >= 4 is 52.1 Å². The Morgan fingerprint density at radius 3 is 2.71 bits per heavy atom. The molecule has 1 aromatic carbocycles. The topological polar surface area (TPSA) is 64.6 Å². The van der Waals surface area contributed by atoms with Crippen LogP contribution < -0.4 is 14.8 Å². The fourth-order valence-corrected chi connectivity index (χ4v) is 4.22. The van der Waals surface area contributed by atoms with Gasteiger partial charge in [0.25, 0.3) is 0 Å². The fraction of sp³-hybridized carbons (Fsp3) is 0.250. The normalized spacial score (nSPS) is 12.2. The summed E-state index contributed by atoms with van der Waals surface area (Å²) < 4.78 is 11.3. The summed E-state index contributed by atoms with van der Waals surface area (Å²) >= 11 is 8.87. The number of carbonyl (C=O) groups is 2. The molecule has 0 atom stereocenters. The molecule has 1 amide bonds. The van der Waals surface area contributed by atoms with E-state index in [1.54, 1.807) is 12.1 Å². The van der Waals surface area contributed by atoms with Crippen molar-refractivity contribution in [2.24, 2.45) is 0 Å². The first-order valence-electron chi connectivity index (χ1n) is 7.09. The smallest absolute Gasteiger partial charge is 0.234 e. The van der Waals surface area contributed by atoms with E-state index in [2.05, 4.69) is 5.32 Å². The maximum Gasteiger partial charge on any atom is 0.234 e. The standard InChI is InChI=1S/C16H14ClNO4S2/c1-9(19)11-4-13-14(22-8-21-13)5-12(11)18-16(20)7-23-6-10-2-3-15(17)24-10/h2-5H,6-8H2,1H3,(H,18,20). The molecule has 3 rings (SSSR count). The van der Waals surface area contributed by atoms with Gasteiger partial charge in [-0.05, 0) is 25.1 Å². The largest absolute Gasteiger partial charge is 0.454 e. The Balaban J connectivity index is 1.62. The zero-order valence-electron chi connectivity index (χ0n) is 12.8. The summed E-state index contributed by atoms with van der Waals surface area (Å²) in [4.78, 5) is 25.0. The highest BCUT2D eigenvalue weighted by molar-refractivity contribution is 7.99. The number of hydrogen-bond donors (Lipinski definition) is 1. The number of nitrogens with one attached hydrogen (secondary N) is 1. The van der Waals surface area contributed by atoms with Crippen molar-refractivity contribution in [2.75, 3.05) is 17.9 Å². The van der Waals surface area contributed by atoms with Crippen molar-refractivity contribution < 1.29 is 19.1 Å². The van der Waals surface area contributed by atoms with Gasteiger partial charge in [0.05, 0.1) is 15.8 Å². The number of Topliss-reactive ketones (excluding diaryl/α,β-unsaturated/α-hetero) is 1. The zero-order valence-corrected chi connectivity index (χ0v) is 15.1. The number of carbonyl (C=O) groups excluding carboxylic acids is 2. The SMILES string of the molecule is CC(=O)c1cc2c(cc1NC(=O)CSCc1ccc(Cl)s1)OCO2. The molecule has 1 aliphatic rings. The Labute approximate surface area is 152 Å². The lowest BCUT2D eigenvalue weighted by Crippen LogP contribution is -2.16. The highest BCUT2D eigenvalue weighted by Crippen LogP contribution is 2.37. The van der Waals surface area contributed by atoms with Gasteiger partial charge in [0.2, 0.25) is 12.7 Å². The van der Waals surface area contributed by atoms with Gasteiger partial charge in [-0.3, -0.25) is 9.59 Å². The third-order valence-corrected chi connectivity index (χ3v) is 5.67. The molecule has 2 aromatic rings. The minimum atomic E-state index is -0.177. The molecule has 5 nitrogen and oxygen atoms in total. The van der Waals surface area contributed by atoms with Crippen LogP contribution in [0.25, 0.3) is 0 Å². The maximum atomic E-state index is 12.1. The molecule has 0 spiro atoms. The molecule has 1 aliphatic heterocycles. The minimum absolute atomic E-state index is 0.114. The van der Waals surface area contributed by atoms with E-state index in [0.717, 1.165) is 9.21 Å². The quantitative estimate of drug-likeness (QED) is 0.757. The highest BCUT2D eigenvalue weighted by Gasteiger charge is 2.20. The van der Waals surface area contributed by atoms with E-state index in [0.29, 0.717) is 28.5 Å². The lowest BCUT2D eigenvalue weighted by Gasteiger charge is -2.10. The van der Waals surface area contributed by atoms with Gasteiger partial charge in [-0.1, -0.05) is 11.6 Å². The first-order chi connectivity index (χ1) is 11.5. The first-order valence-corrected chi connectivity index (χ1v) is 9.44. The summed E-state index contributed by atoms with van der Waals surface area (Å²) in [6.45, 7) is 1.56. The van der Waals surface area contributed by atoms with Gasteiger partial charge in [0.15, 0.2) is 17.3 Å². The molecular weight excluding hydrogens is 370 g/mol. The lowest BCUT2D eigenvalue weighted by molar-refractivity contribution is -0.113. The van der Waals surface area contributed by atoms with E-state index in [-0.39, 0.29) is 24.2 Å². The van der Waals surface area contributed by atoms with Crippen molar-refractivity contribution in [3.05, 3.63) is 39.0 Å². The number of rotatable bonds is 6. The number of ether oxygens (including phenoxy) is 2. The second-order valence-corrected chi connectivity index (χ2v) is 7.84. The molecule has 0 bridgehead atoms. The third-order valence-electron chi connectivity index (χ3n) is 3.27. The van der Waals surface area contributed by atoms with Gasteiger partial charge in [0, 0.05) is 22.3 Å². The molecule has 24 heavy (non-hydrogen) atoms. The molecule has 2 heterocycles. The number of anilines is 1. The summed E-state index contributed by atoms with van der Waals surface area (Å²) in [7, 11) is 0. The molecule has 1 aromatic heterocycles. The van der Waals surface area contributed by atoms with Gasteiger partial charge in [-0.15, -0.1) is 23.1 Å². The molecule has 0 saturated heterocycles. The Bertz CT molecular complexity index is 790. The van der Waals surface area contributed by atoms with E-state index < -0.39 is 0 Å². The van der Waals surface area contributed by atoms with Crippen LogP contribution in [0.2, 0.25) is 4.34 Å². The first kappa shape index (κ1) is 17.1. The summed E-state index contributed by atoms with van der Waals surface area (Å²) in [5.74, 6) is 1.71. The minimum Gasteiger partial charge on any atom is -0.454 e. The molecule has 0 radical (unpaired) electrons. The fourth-order valence-electron chi connectivity index (χ4n) is 2.20. The number of ketones is 1. The molecule has 0 aliphatic carbocycles. The number of thioether (sulfide) groups is 1. The lowest BCUT2D eigenvalue weighted by atomic mass is 10.1. The molecule has 0 fully saturated rings. The van der Waals surface area contributed by atoms with E-state index in [1.165, 1.54) is 30.0 Å². The monoisotopic (exact) mass is 383 g/mol. The van der Waals surface area contributed by atoms with Gasteiger partial charge in [-0.2, -0.15) is 0 Å². The van der Waals surface area contributed by atoms with Gasteiger partial charge < -0.3 is 14.8 Å². The Morgan fingerprint density at radius 2 is 2.04 bits per heavy atom. The summed E-state index contributed by atoms with van der Waals surface area (Å²) in [5.41, 5.74) is 0.846. The van der Waals surface area contributed by atoms with Crippen LogP contribution in [0.3, 0.4) is 0 Å². The number of benzene rings is 1. The number of hydrogen-bond acceptors (Lipinski definition) is 6. The molecule has 1 N–H and O–H groups in total. The molecule has 0 saturated carbocycles. The van der Waals surface area contributed by atoms with Crippen molar-refractivity contribution in [3.63, 3.8) is 0 Å². The van der Waals surface area contributed by atoms with E-state index >= 15 is 0 Å². The van der Waals surface area contributed by atoms with Crippen LogP contribution in [-0.4, -0.2) is 24.2 Å². The Kier molecular flexibility index (Phi) is 5.33. The van der Waals surface area contributed by atoms with Crippen molar-refractivity contribution in [3.8, 4) is 11.5 Å². The Morgan fingerprint density at radius 1 is 1.29 bits per heavy atom. The molecule has 0 unspecified atom stereocenters. The maximum absolute atomic E-state index is 12.1. The summed E-state index contributed by atoms with van der Waals surface area (Å²) in [6, 6.07) is 7.01. The van der Waals surface area contributed by atoms with Crippen LogP contribution in [-0.2, 0) is 10.5 Å². The van der Waals surface area contributed by atoms with Crippen molar-refractivity contribution in [2.45, 2.75) is 12.7 Å². The summed E-state index contributed by atoms with van der Waals surface area (Å²) in [6.07, 6.45) is 0. The number of thiophene rings is 1. The molecular formula is C16H14ClNO4S2. The van der Waals surface area contributed by atoms with Crippen LogP contribution in [0.1, 0.15) is 22.2 Å². The van der Waals surface area contributed by atoms with Gasteiger partial charge in [0.1, 0.15) is 0 Å². The van der Waals surface area contributed by atoms with E-state index in [1.807, 2.05) is 12.1 Å². The predicted octanol–water partition coefficient (Wildman–Crippen LogP) is 4.20. The van der Waals surface area contributed by atoms with Gasteiger partial charge >= 0.3 is 0 Å². The average molecular weight is 384 g/mol. The zero-order chi connectivity index (χ0) is 17.1. The van der Waals surface area contributed by atoms with Gasteiger partial charge in [-0.25, -0.2) is 0 Å². The van der Waals surface area contributed by atoms with E-state index in [4.69, 9.17) is 21.1 Å². The molecule has 8 heteroatoms. The van der Waals surface area contributed by atoms with Crippen LogP contribution in [0.5, 0.6) is 11.5 Å². The second-order valence-electron chi connectivity index (χ2n) is 5.05. The van der Waals surface area contributed by atoms with Crippen LogP contribution >= 0.6 is 34.7 Å². The summed E-state index contributed by atoms with van der Waals surface area (Å²) in [5, 5.41) is 2.77. The number of amides is 1. The highest BCUT2D eigenvalue weighted by atomic mass is 35.5. The Hall–Kier alpha value is -1.70. The van der Waals surface area contributed by atoms with Crippen LogP contribution in [0.15, 0.2) is 24.3 Å². The predicted molar refractivity (Wildman–Crippen MR) is 96.7 cm³/mol. The number of fused-ring (bicyclic) bond motifs is 1. The molecule has 126 valence electrons. The van der Waals surface area contributed by atoms with E-state index in [9.17, 15) is 9.59 Å². The number of halogens is 1.